The highest BCUT2D eigenvalue weighted by atomic mass is 32.1. The average molecular weight is 436 g/mol. The second kappa shape index (κ2) is 8.93. The molecule has 0 aliphatic heterocycles. The number of aromatic hydroxyl groups is 1. The number of hydrogen-bond donors (Lipinski definition) is 2. The number of nitrogens with zero attached hydrogens (tertiary/aromatic N) is 2. The first kappa shape index (κ1) is 20.5. The van der Waals surface area contributed by atoms with E-state index in [1.54, 1.807) is 56.9 Å². The molecule has 0 aliphatic rings. The van der Waals surface area contributed by atoms with Gasteiger partial charge in [-0.15, -0.1) is 11.3 Å². The van der Waals surface area contributed by atoms with E-state index in [2.05, 4.69) is 15.3 Å². The highest BCUT2D eigenvalue weighted by Gasteiger charge is 2.13. The number of phenols is 1. The first-order valence-electron chi connectivity index (χ1n) is 9.40. The minimum absolute atomic E-state index is 0.212. The Bertz CT molecular complexity index is 1210. The van der Waals surface area contributed by atoms with Gasteiger partial charge in [0.2, 0.25) is 5.75 Å². The third kappa shape index (κ3) is 4.39. The summed E-state index contributed by atoms with van der Waals surface area (Å²) in [6.45, 7) is 0. The van der Waals surface area contributed by atoms with E-state index in [-0.39, 0.29) is 5.75 Å². The maximum absolute atomic E-state index is 9.51. The van der Waals surface area contributed by atoms with Crippen molar-refractivity contribution in [1.29, 1.82) is 0 Å². The molecule has 0 atom stereocenters. The van der Waals surface area contributed by atoms with Crippen molar-refractivity contribution in [3.63, 3.8) is 0 Å². The van der Waals surface area contributed by atoms with Crippen molar-refractivity contribution in [1.82, 2.24) is 9.97 Å². The van der Waals surface area contributed by atoms with E-state index < -0.39 is 0 Å². The lowest BCUT2D eigenvalue weighted by molar-refractivity contribution is 0.324. The molecule has 0 unspecified atom stereocenters. The summed E-state index contributed by atoms with van der Waals surface area (Å²) in [6.07, 6.45) is 3.72. The van der Waals surface area contributed by atoms with E-state index in [1.807, 2.05) is 35.7 Å². The molecule has 0 bridgehead atoms. The molecule has 0 amide bonds. The molecular weight excluding hydrogens is 414 g/mol. The number of aromatic nitrogens is 2. The maximum Gasteiger partial charge on any atom is 0.203 e. The normalized spacial score (nSPS) is 11.1. The van der Waals surface area contributed by atoms with Crippen molar-refractivity contribution in [3.8, 4) is 23.0 Å². The summed E-state index contributed by atoms with van der Waals surface area (Å²) in [5.74, 6) is 3.16. The third-order valence-electron chi connectivity index (χ3n) is 4.56. The van der Waals surface area contributed by atoms with Crippen LogP contribution in [0.2, 0.25) is 0 Å². The Morgan fingerprint density at radius 2 is 1.61 bits per heavy atom. The number of rotatable bonds is 7. The van der Waals surface area contributed by atoms with E-state index in [9.17, 15) is 5.11 Å². The zero-order chi connectivity index (χ0) is 21.8. The predicted octanol–water partition coefficient (Wildman–Crippen LogP) is 5.34. The Labute approximate surface area is 183 Å². The molecule has 2 N–H and O–H groups in total. The highest BCUT2D eigenvalue weighted by Crippen LogP contribution is 2.38. The van der Waals surface area contributed by atoms with Gasteiger partial charge in [-0.25, -0.2) is 9.97 Å². The lowest BCUT2D eigenvalue weighted by Crippen LogP contribution is -1.97. The van der Waals surface area contributed by atoms with Crippen LogP contribution in [0.15, 0.2) is 47.8 Å². The lowest BCUT2D eigenvalue weighted by Gasteiger charge is -2.12. The molecule has 2 heterocycles. The van der Waals surface area contributed by atoms with Gasteiger partial charge in [0.25, 0.3) is 0 Å². The highest BCUT2D eigenvalue weighted by molar-refractivity contribution is 7.17. The minimum atomic E-state index is 0.212. The van der Waals surface area contributed by atoms with Gasteiger partial charge in [-0.1, -0.05) is 6.08 Å². The van der Waals surface area contributed by atoms with E-state index in [1.165, 1.54) is 0 Å². The van der Waals surface area contributed by atoms with Crippen molar-refractivity contribution in [2.45, 2.75) is 0 Å². The number of methoxy groups -OCH3 is 3. The number of benzene rings is 2. The fourth-order valence-electron chi connectivity index (χ4n) is 3.09. The number of anilines is 2. The summed E-state index contributed by atoms with van der Waals surface area (Å²) < 4.78 is 17.2. The van der Waals surface area contributed by atoms with Crippen molar-refractivity contribution in [3.05, 3.63) is 59.2 Å². The van der Waals surface area contributed by atoms with E-state index >= 15 is 0 Å². The van der Waals surface area contributed by atoms with Gasteiger partial charge in [-0.3, -0.25) is 0 Å². The van der Waals surface area contributed by atoms with E-state index in [0.717, 1.165) is 21.5 Å². The number of fused-ring (bicyclic) bond motifs is 1. The Hall–Kier alpha value is -3.78. The van der Waals surface area contributed by atoms with Crippen LogP contribution in [0, 0.1) is 0 Å². The molecule has 0 spiro atoms. The second-order valence-corrected chi connectivity index (χ2v) is 7.45. The van der Waals surface area contributed by atoms with Gasteiger partial charge in [0, 0.05) is 5.69 Å². The van der Waals surface area contributed by atoms with Gasteiger partial charge >= 0.3 is 0 Å². The molecule has 158 valence electrons. The second-order valence-electron chi connectivity index (χ2n) is 6.53. The van der Waals surface area contributed by atoms with Crippen molar-refractivity contribution in [2.75, 3.05) is 26.6 Å². The van der Waals surface area contributed by atoms with Crippen molar-refractivity contribution < 1.29 is 19.3 Å². The molecule has 7 nitrogen and oxygen atoms in total. The lowest BCUT2D eigenvalue weighted by atomic mass is 10.1. The summed E-state index contributed by atoms with van der Waals surface area (Å²) >= 11 is 1.57. The standard InChI is InChI=1S/C23H21N3O4S/c1-28-18-12-14(13-19(29-2)21(18)30-3)4-9-20-25-17-10-11-31-22(17)23(26-20)24-15-5-7-16(27)8-6-15/h4-13,27H,1-3H3,(H,24,25,26)/b9-4+. The molecule has 0 aliphatic carbocycles. The molecule has 0 saturated carbocycles. The van der Waals surface area contributed by atoms with Crippen molar-refractivity contribution in [2.24, 2.45) is 0 Å². The van der Waals surface area contributed by atoms with Crippen LogP contribution < -0.4 is 19.5 Å². The number of phenolic OH excluding ortho intramolecular Hbond substituents is 1. The number of thiophene rings is 1. The Morgan fingerprint density at radius 3 is 2.26 bits per heavy atom. The zero-order valence-electron chi connectivity index (χ0n) is 17.2. The molecule has 4 aromatic rings. The average Bonchev–Trinajstić information content (AvgIpc) is 3.27. The summed E-state index contributed by atoms with van der Waals surface area (Å²) in [5, 5.41) is 14.8. The molecule has 8 heteroatoms. The van der Waals surface area contributed by atoms with Crippen LogP contribution in [0.1, 0.15) is 11.4 Å². The zero-order valence-corrected chi connectivity index (χ0v) is 18.1. The van der Waals surface area contributed by atoms with Crippen LogP contribution in [-0.2, 0) is 0 Å². The number of nitrogens with one attached hydrogen (secondary N) is 1. The Kier molecular flexibility index (Phi) is 5.90. The molecular formula is C23H21N3O4S. The summed E-state index contributed by atoms with van der Waals surface area (Å²) in [4.78, 5) is 9.31. The molecule has 31 heavy (non-hydrogen) atoms. The minimum Gasteiger partial charge on any atom is -0.508 e. The van der Waals surface area contributed by atoms with Gasteiger partial charge < -0.3 is 24.6 Å². The van der Waals surface area contributed by atoms with Crippen LogP contribution in [0.5, 0.6) is 23.0 Å². The molecule has 2 aromatic heterocycles. The van der Waals surface area contributed by atoms with Gasteiger partial charge in [0.1, 0.15) is 5.75 Å². The first-order chi connectivity index (χ1) is 15.1. The molecule has 0 fully saturated rings. The van der Waals surface area contributed by atoms with Gasteiger partial charge in [0.15, 0.2) is 23.1 Å². The van der Waals surface area contributed by atoms with Crippen LogP contribution in [0.25, 0.3) is 22.4 Å². The van der Waals surface area contributed by atoms with Crippen LogP contribution in [0.3, 0.4) is 0 Å². The maximum atomic E-state index is 9.51. The summed E-state index contributed by atoms with van der Waals surface area (Å²) in [7, 11) is 4.74. The molecule has 0 saturated heterocycles. The third-order valence-corrected chi connectivity index (χ3v) is 5.47. The largest absolute Gasteiger partial charge is 0.508 e. The van der Waals surface area contributed by atoms with Crippen LogP contribution in [0.4, 0.5) is 11.5 Å². The smallest absolute Gasteiger partial charge is 0.203 e. The summed E-state index contributed by atoms with van der Waals surface area (Å²) in [5.41, 5.74) is 2.54. The number of ether oxygens (including phenoxy) is 3. The Balaban J connectivity index is 1.69. The van der Waals surface area contributed by atoms with Crippen LogP contribution >= 0.6 is 11.3 Å². The van der Waals surface area contributed by atoms with E-state index in [4.69, 9.17) is 14.2 Å². The fraction of sp³-hybridized carbons (Fsp3) is 0.130. The molecule has 0 radical (unpaired) electrons. The van der Waals surface area contributed by atoms with Gasteiger partial charge in [0.05, 0.1) is 31.5 Å². The first-order valence-corrected chi connectivity index (χ1v) is 10.3. The van der Waals surface area contributed by atoms with Crippen molar-refractivity contribution >= 4 is 45.2 Å². The van der Waals surface area contributed by atoms with Crippen LogP contribution in [-0.4, -0.2) is 36.4 Å². The number of hydrogen-bond acceptors (Lipinski definition) is 8. The fourth-order valence-corrected chi connectivity index (χ4v) is 3.87. The Morgan fingerprint density at radius 1 is 0.903 bits per heavy atom. The molecule has 4 rings (SSSR count). The quantitative estimate of drug-likeness (QED) is 0.379. The monoisotopic (exact) mass is 435 g/mol. The SMILES string of the molecule is COc1cc(/C=C/c2nc(Nc3ccc(O)cc3)c3sccc3n2)cc(OC)c1OC. The van der Waals surface area contributed by atoms with Gasteiger partial charge in [-0.2, -0.15) is 0 Å². The van der Waals surface area contributed by atoms with Gasteiger partial charge in [-0.05, 0) is 59.5 Å². The topological polar surface area (TPSA) is 85.7 Å². The summed E-state index contributed by atoms with van der Waals surface area (Å²) in [6, 6.07) is 12.5. The predicted molar refractivity (Wildman–Crippen MR) is 124 cm³/mol. The van der Waals surface area contributed by atoms with E-state index in [0.29, 0.717) is 28.9 Å². The molecule has 2 aromatic carbocycles.